The van der Waals surface area contributed by atoms with Crippen molar-refractivity contribution in [2.45, 2.75) is 0 Å². The quantitative estimate of drug-likeness (QED) is 0.798. The van der Waals surface area contributed by atoms with Crippen LogP contribution in [0.15, 0.2) is 48.5 Å². The summed E-state index contributed by atoms with van der Waals surface area (Å²) in [6.45, 7) is 0. The molecular weight excluding hydrogens is 331 g/mol. The number of methoxy groups -OCH3 is 2. The topological polar surface area (TPSA) is 35.5 Å². The molecule has 3 rings (SSSR count). The van der Waals surface area contributed by atoms with Crippen LogP contribution in [-0.2, 0) is 0 Å². The number of ketones is 1. The Kier molecular flexibility index (Phi) is 3.82. The van der Waals surface area contributed by atoms with Crippen molar-refractivity contribution in [2.75, 3.05) is 14.2 Å². The van der Waals surface area contributed by atoms with E-state index in [4.69, 9.17) is 9.47 Å². The zero-order chi connectivity index (χ0) is 14.8. The van der Waals surface area contributed by atoms with Gasteiger partial charge in [-0.25, -0.2) is 0 Å². The Hall–Kier alpha value is -2.03. The molecule has 1 aliphatic carbocycles. The molecule has 0 spiro atoms. The van der Waals surface area contributed by atoms with Crippen molar-refractivity contribution in [3.05, 3.63) is 59.7 Å². The number of fused-ring (bicyclic) bond motifs is 1. The molecule has 0 atom stereocenters. The molecule has 2 aromatic carbocycles. The molecule has 0 amide bonds. The normalized spacial score (nSPS) is 12.9. The predicted octanol–water partition coefficient (Wildman–Crippen LogP) is 2.27. The summed E-state index contributed by atoms with van der Waals surface area (Å²) in [5, 5.41) is 0. The third-order valence-electron chi connectivity index (χ3n) is 3.29. The Labute approximate surface area is 129 Å². The molecule has 0 aliphatic heterocycles. The fourth-order valence-corrected chi connectivity index (χ4v) is 4.49. The molecular formula is C17H14O3Se. The maximum absolute atomic E-state index is 12.3. The van der Waals surface area contributed by atoms with Crippen LogP contribution in [0, 0.1) is 0 Å². The van der Waals surface area contributed by atoms with Gasteiger partial charge in [0, 0.05) is 0 Å². The molecule has 0 N–H and O–H groups in total. The summed E-state index contributed by atoms with van der Waals surface area (Å²) in [6.07, 6.45) is 1.71. The maximum atomic E-state index is 12.3. The van der Waals surface area contributed by atoms with E-state index in [-0.39, 0.29) is 20.7 Å². The molecule has 3 nitrogen and oxygen atoms in total. The summed E-state index contributed by atoms with van der Waals surface area (Å²) in [7, 11) is 3.20. The van der Waals surface area contributed by atoms with Gasteiger partial charge < -0.3 is 0 Å². The first-order valence-corrected chi connectivity index (χ1v) is 8.20. The molecule has 0 saturated heterocycles. The molecule has 0 unspecified atom stereocenters. The van der Waals surface area contributed by atoms with Gasteiger partial charge in [-0.2, -0.15) is 0 Å². The molecule has 0 fully saturated rings. The van der Waals surface area contributed by atoms with Crippen LogP contribution in [0.1, 0.15) is 15.9 Å². The first-order chi connectivity index (χ1) is 10.2. The Morgan fingerprint density at radius 3 is 2.10 bits per heavy atom. The van der Waals surface area contributed by atoms with Gasteiger partial charge in [-0.1, -0.05) is 0 Å². The van der Waals surface area contributed by atoms with E-state index < -0.39 is 0 Å². The van der Waals surface area contributed by atoms with Crippen LogP contribution >= 0.6 is 0 Å². The summed E-state index contributed by atoms with van der Waals surface area (Å²) in [6, 6.07) is 13.8. The Morgan fingerprint density at radius 2 is 1.48 bits per heavy atom. The number of carbonyl (C=O) groups excluding carboxylic acids is 1. The molecule has 0 saturated carbocycles. The fourth-order valence-electron chi connectivity index (χ4n) is 2.35. The number of hydrogen-bond acceptors (Lipinski definition) is 3. The standard InChI is InChI=1S/C17H14O3Se/c1-19-13-8-9-14(20-2)17-15(10-12(18)16(13)17)21-11-6-4-3-5-7-11/h3-10H,1-2H3. The number of benzene rings is 2. The Bertz CT molecular complexity index is 720. The molecule has 0 bridgehead atoms. The Balaban J connectivity index is 2.08. The van der Waals surface area contributed by atoms with Crippen molar-refractivity contribution >= 4 is 29.7 Å². The second kappa shape index (κ2) is 5.76. The number of ether oxygens (including phenoxy) is 2. The second-order valence-corrected chi connectivity index (χ2v) is 6.85. The average Bonchev–Trinajstić information content (AvgIpc) is 2.85. The second-order valence-electron chi connectivity index (χ2n) is 4.51. The molecule has 0 aromatic heterocycles. The Morgan fingerprint density at radius 1 is 0.857 bits per heavy atom. The zero-order valence-corrected chi connectivity index (χ0v) is 13.5. The third-order valence-corrected chi connectivity index (χ3v) is 5.50. The predicted molar refractivity (Wildman–Crippen MR) is 83.7 cm³/mol. The van der Waals surface area contributed by atoms with Gasteiger partial charge in [0.2, 0.25) is 0 Å². The van der Waals surface area contributed by atoms with E-state index in [2.05, 4.69) is 12.1 Å². The fraction of sp³-hybridized carbons (Fsp3) is 0.118. The van der Waals surface area contributed by atoms with Gasteiger partial charge >= 0.3 is 129 Å². The molecule has 1 aliphatic rings. The minimum atomic E-state index is -0.00597. The van der Waals surface area contributed by atoms with Crippen LogP contribution in [0.2, 0.25) is 0 Å². The monoisotopic (exact) mass is 346 g/mol. The van der Waals surface area contributed by atoms with Crippen molar-refractivity contribution in [1.82, 2.24) is 0 Å². The first-order valence-electron chi connectivity index (χ1n) is 6.49. The van der Waals surface area contributed by atoms with E-state index in [1.165, 1.54) is 4.46 Å². The number of allylic oxidation sites excluding steroid dienone is 1. The summed E-state index contributed by atoms with van der Waals surface area (Å²) >= 11 is 0.0574. The van der Waals surface area contributed by atoms with Crippen LogP contribution in [0.25, 0.3) is 4.47 Å². The van der Waals surface area contributed by atoms with Crippen molar-refractivity contribution in [3.63, 3.8) is 0 Å². The van der Waals surface area contributed by atoms with Crippen molar-refractivity contribution in [1.29, 1.82) is 0 Å². The summed E-state index contributed by atoms with van der Waals surface area (Å²) in [5.41, 5.74) is 1.50. The summed E-state index contributed by atoms with van der Waals surface area (Å²) in [5.74, 6) is 1.32. The van der Waals surface area contributed by atoms with Gasteiger partial charge in [0.15, 0.2) is 0 Å². The van der Waals surface area contributed by atoms with E-state index in [1.54, 1.807) is 26.4 Å². The number of carbonyl (C=O) groups is 1. The van der Waals surface area contributed by atoms with Crippen LogP contribution in [0.5, 0.6) is 11.5 Å². The third kappa shape index (κ3) is 2.48. The van der Waals surface area contributed by atoms with E-state index in [1.807, 2.05) is 24.3 Å². The summed E-state index contributed by atoms with van der Waals surface area (Å²) in [4.78, 5) is 12.3. The molecule has 4 heteroatoms. The molecule has 2 aromatic rings. The molecule has 0 heterocycles. The first kappa shape index (κ1) is 13.9. The van der Waals surface area contributed by atoms with Gasteiger partial charge in [0.25, 0.3) is 0 Å². The van der Waals surface area contributed by atoms with E-state index in [0.29, 0.717) is 11.3 Å². The van der Waals surface area contributed by atoms with Gasteiger partial charge in [0.1, 0.15) is 0 Å². The number of rotatable bonds is 4. The number of hydrogen-bond donors (Lipinski definition) is 0. The van der Waals surface area contributed by atoms with Crippen molar-refractivity contribution in [2.24, 2.45) is 0 Å². The SMILES string of the molecule is COc1ccc(OC)c2c1C(=O)C=C2[Se]c1ccccc1. The van der Waals surface area contributed by atoms with Crippen LogP contribution in [0.4, 0.5) is 0 Å². The van der Waals surface area contributed by atoms with Crippen molar-refractivity contribution < 1.29 is 14.3 Å². The molecule has 0 radical (unpaired) electrons. The van der Waals surface area contributed by atoms with Crippen LogP contribution < -0.4 is 13.9 Å². The van der Waals surface area contributed by atoms with E-state index in [0.717, 1.165) is 15.8 Å². The van der Waals surface area contributed by atoms with E-state index in [9.17, 15) is 4.79 Å². The van der Waals surface area contributed by atoms with Crippen molar-refractivity contribution in [3.8, 4) is 11.5 Å². The zero-order valence-electron chi connectivity index (χ0n) is 11.8. The van der Waals surface area contributed by atoms with E-state index >= 15 is 0 Å². The average molecular weight is 345 g/mol. The van der Waals surface area contributed by atoms with Gasteiger partial charge in [-0.15, -0.1) is 0 Å². The van der Waals surface area contributed by atoms with Gasteiger partial charge in [0.05, 0.1) is 0 Å². The van der Waals surface area contributed by atoms with Crippen LogP contribution in [0.3, 0.4) is 0 Å². The summed E-state index contributed by atoms with van der Waals surface area (Å²) < 4.78 is 13.0. The molecule has 106 valence electrons. The van der Waals surface area contributed by atoms with Gasteiger partial charge in [-0.3, -0.25) is 0 Å². The van der Waals surface area contributed by atoms with Crippen LogP contribution in [-0.4, -0.2) is 35.0 Å². The minimum absolute atomic E-state index is 0.00597. The molecule has 21 heavy (non-hydrogen) atoms. The van der Waals surface area contributed by atoms with Gasteiger partial charge in [-0.05, 0) is 0 Å².